The summed E-state index contributed by atoms with van der Waals surface area (Å²) < 4.78 is 16.4. The van der Waals surface area contributed by atoms with Gasteiger partial charge in [-0.15, -0.1) is 0 Å². The van der Waals surface area contributed by atoms with E-state index in [1.807, 2.05) is 13.1 Å². The summed E-state index contributed by atoms with van der Waals surface area (Å²) in [5.74, 6) is 2.45. The zero-order valence-corrected chi connectivity index (χ0v) is 17.8. The lowest BCUT2D eigenvalue weighted by Crippen LogP contribution is -2.57. The molecule has 0 atom stereocenters. The number of morpholine rings is 1. The van der Waals surface area contributed by atoms with E-state index in [0.29, 0.717) is 6.79 Å². The quantitative estimate of drug-likeness (QED) is 0.572. The Bertz CT molecular complexity index is 697. The van der Waals surface area contributed by atoms with Crippen LogP contribution in [0.25, 0.3) is 0 Å². The van der Waals surface area contributed by atoms with E-state index in [0.717, 1.165) is 56.9 Å². The monoisotopic (exact) mass is 390 g/mol. The maximum Gasteiger partial charge on any atom is 0.231 e. The normalized spacial score (nSPS) is 18.2. The van der Waals surface area contributed by atoms with E-state index in [1.165, 1.54) is 5.56 Å². The number of rotatable bonds is 6. The van der Waals surface area contributed by atoms with Crippen LogP contribution in [0.3, 0.4) is 0 Å². The molecule has 7 heteroatoms. The van der Waals surface area contributed by atoms with Crippen LogP contribution in [-0.4, -0.2) is 69.6 Å². The second-order valence-electron chi connectivity index (χ2n) is 8.64. The summed E-state index contributed by atoms with van der Waals surface area (Å²) in [7, 11) is 1.81. The van der Waals surface area contributed by atoms with E-state index in [2.05, 4.69) is 60.4 Å². The summed E-state index contributed by atoms with van der Waals surface area (Å²) >= 11 is 0. The van der Waals surface area contributed by atoms with Gasteiger partial charge in [-0.05, 0) is 31.5 Å². The van der Waals surface area contributed by atoms with E-state index in [1.54, 1.807) is 0 Å². The average molecular weight is 391 g/mol. The first kappa shape index (κ1) is 20.7. The van der Waals surface area contributed by atoms with Crippen LogP contribution >= 0.6 is 0 Å². The molecule has 2 aliphatic rings. The van der Waals surface area contributed by atoms with Crippen molar-refractivity contribution in [2.24, 2.45) is 4.99 Å². The molecule has 1 saturated heterocycles. The van der Waals surface area contributed by atoms with Crippen molar-refractivity contribution < 1.29 is 14.2 Å². The molecule has 0 saturated carbocycles. The molecule has 0 bridgehead atoms. The predicted octanol–water partition coefficient (Wildman–Crippen LogP) is 1.97. The summed E-state index contributed by atoms with van der Waals surface area (Å²) in [6.45, 7) is 14.4. The lowest BCUT2D eigenvalue weighted by molar-refractivity contribution is -0.00834. The van der Waals surface area contributed by atoms with Crippen LogP contribution in [0.2, 0.25) is 0 Å². The molecule has 3 rings (SSSR count). The molecule has 0 aliphatic carbocycles. The smallest absolute Gasteiger partial charge is 0.231 e. The van der Waals surface area contributed by atoms with Crippen molar-refractivity contribution in [2.45, 2.75) is 38.6 Å². The maximum absolute atomic E-state index is 5.52. The molecule has 7 nitrogen and oxygen atoms in total. The van der Waals surface area contributed by atoms with Gasteiger partial charge in [-0.1, -0.05) is 19.9 Å². The summed E-state index contributed by atoms with van der Waals surface area (Å²) in [4.78, 5) is 6.86. The minimum absolute atomic E-state index is 0.0360. The van der Waals surface area contributed by atoms with Crippen molar-refractivity contribution in [2.75, 3.05) is 53.2 Å². The Balaban J connectivity index is 1.54. The van der Waals surface area contributed by atoms with Gasteiger partial charge in [0.1, 0.15) is 0 Å². The fraction of sp³-hybridized carbons (Fsp3) is 0.667. The molecule has 156 valence electrons. The number of hydrogen-bond acceptors (Lipinski definition) is 5. The summed E-state index contributed by atoms with van der Waals surface area (Å²) in [5, 5.41) is 6.96. The second kappa shape index (κ2) is 8.57. The van der Waals surface area contributed by atoms with Crippen molar-refractivity contribution in [3.05, 3.63) is 23.8 Å². The first-order valence-electron chi connectivity index (χ1n) is 9.99. The third-order valence-electron chi connectivity index (χ3n) is 5.63. The number of nitrogens with one attached hydrogen (secondary N) is 2. The third-order valence-corrected chi connectivity index (χ3v) is 5.63. The molecule has 2 aliphatic heterocycles. The van der Waals surface area contributed by atoms with Gasteiger partial charge < -0.3 is 24.8 Å². The highest BCUT2D eigenvalue weighted by Gasteiger charge is 2.29. The van der Waals surface area contributed by atoms with E-state index in [-0.39, 0.29) is 11.0 Å². The summed E-state index contributed by atoms with van der Waals surface area (Å²) in [6.07, 6.45) is 0. The first-order valence-corrected chi connectivity index (χ1v) is 9.99. The van der Waals surface area contributed by atoms with Gasteiger partial charge in [0.05, 0.1) is 13.2 Å². The van der Waals surface area contributed by atoms with Gasteiger partial charge in [-0.2, -0.15) is 0 Å². The highest BCUT2D eigenvalue weighted by atomic mass is 16.7. The molecule has 0 aromatic heterocycles. The fourth-order valence-corrected chi connectivity index (χ4v) is 3.53. The Kier molecular flexibility index (Phi) is 6.35. The fourth-order valence-electron chi connectivity index (χ4n) is 3.53. The van der Waals surface area contributed by atoms with Crippen molar-refractivity contribution in [1.82, 2.24) is 15.5 Å². The van der Waals surface area contributed by atoms with Gasteiger partial charge in [0.15, 0.2) is 17.5 Å². The Morgan fingerprint density at radius 1 is 1.04 bits per heavy atom. The Hall–Kier alpha value is -1.99. The van der Waals surface area contributed by atoms with Gasteiger partial charge in [0.25, 0.3) is 0 Å². The number of aliphatic imine (C=N–C) groups is 1. The summed E-state index contributed by atoms with van der Waals surface area (Å²) in [6, 6.07) is 6.16. The highest BCUT2D eigenvalue weighted by molar-refractivity contribution is 5.79. The zero-order chi connectivity index (χ0) is 20.2. The van der Waals surface area contributed by atoms with Crippen molar-refractivity contribution in [3.63, 3.8) is 0 Å². The van der Waals surface area contributed by atoms with E-state index in [9.17, 15) is 0 Å². The number of nitrogens with zero attached hydrogens (tertiary/aromatic N) is 2. The largest absolute Gasteiger partial charge is 0.454 e. The van der Waals surface area contributed by atoms with Crippen LogP contribution in [0.1, 0.15) is 33.3 Å². The Labute approximate surface area is 168 Å². The summed E-state index contributed by atoms with van der Waals surface area (Å²) in [5.41, 5.74) is 1.15. The van der Waals surface area contributed by atoms with Gasteiger partial charge in [0.2, 0.25) is 6.79 Å². The highest BCUT2D eigenvalue weighted by Crippen LogP contribution is 2.36. The minimum Gasteiger partial charge on any atom is -0.454 e. The first-order chi connectivity index (χ1) is 13.3. The van der Waals surface area contributed by atoms with E-state index >= 15 is 0 Å². The van der Waals surface area contributed by atoms with Gasteiger partial charge in [-0.3, -0.25) is 9.89 Å². The van der Waals surface area contributed by atoms with Crippen molar-refractivity contribution in [1.29, 1.82) is 0 Å². The molecule has 1 aromatic carbocycles. The molecule has 1 fully saturated rings. The minimum atomic E-state index is -0.0850. The average Bonchev–Trinajstić information content (AvgIpc) is 3.16. The number of guanidine groups is 1. The lowest BCUT2D eigenvalue weighted by Gasteiger charge is -2.41. The topological polar surface area (TPSA) is 67.4 Å². The van der Waals surface area contributed by atoms with Crippen molar-refractivity contribution in [3.8, 4) is 11.5 Å². The third kappa shape index (κ3) is 4.89. The number of fused-ring (bicyclic) bond motifs is 1. The molecule has 0 amide bonds. The van der Waals surface area contributed by atoms with E-state index < -0.39 is 0 Å². The van der Waals surface area contributed by atoms with E-state index in [4.69, 9.17) is 14.2 Å². The van der Waals surface area contributed by atoms with Crippen LogP contribution in [0, 0.1) is 0 Å². The number of hydrogen-bond donors (Lipinski definition) is 2. The van der Waals surface area contributed by atoms with Crippen LogP contribution < -0.4 is 20.1 Å². The zero-order valence-electron chi connectivity index (χ0n) is 17.8. The van der Waals surface area contributed by atoms with Crippen LogP contribution in [-0.2, 0) is 10.2 Å². The van der Waals surface area contributed by atoms with Crippen LogP contribution in [0.4, 0.5) is 0 Å². The second-order valence-corrected chi connectivity index (χ2v) is 8.64. The molecule has 2 N–H and O–H groups in total. The molecule has 1 aromatic rings. The van der Waals surface area contributed by atoms with Crippen molar-refractivity contribution >= 4 is 5.96 Å². The molecular formula is C21H34N4O3. The molecule has 0 spiro atoms. The standard InChI is InChI=1S/C21H34N4O3/c1-20(2,16-6-7-17-18(12-16)28-15-27-17)13-23-19(22-5)24-14-21(3,4)25-8-10-26-11-9-25/h6-7,12H,8-11,13-15H2,1-5H3,(H2,22,23,24). The number of benzene rings is 1. The SMILES string of the molecule is CN=C(NCC(C)(C)c1ccc2c(c1)OCO2)NCC(C)(C)N1CCOCC1. The molecule has 0 unspecified atom stereocenters. The predicted molar refractivity (Wildman–Crippen MR) is 111 cm³/mol. The Morgan fingerprint density at radius 3 is 2.43 bits per heavy atom. The van der Waals surface area contributed by atoms with Gasteiger partial charge >= 0.3 is 0 Å². The molecule has 28 heavy (non-hydrogen) atoms. The van der Waals surface area contributed by atoms with Gasteiger partial charge in [-0.25, -0.2) is 0 Å². The van der Waals surface area contributed by atoms with Crippen LogP contribution in [0.5, 0.6) is 11.5 Å². The lowest BCUT2D eigenvalue weighted by atomic mass is 9.84. The number of ether oxygens (including phenoxy) is 3. The molecular weight excluding hydrogens is 356 g/mol. The van der Waals surface area contributed by atoms with Crippen LogP contribution in [0.15, 0.2) is 23.2 Å². The van der Waals surface area contributed by atoms with Gasteiger partial charge in [0, 0.05) is 44.2 Å². The Morgan fingerprint density at radius 2 is 1.71 bits per heavy atom. The molecule has 0 radical (unpaired) electrons. The maximum atomic E-state index is 5.52. The molecule has 2 heterocycles.